The molecule has 0 bridgehead atoms. The van der Waals surface area contributed by atoms with Crippen molar-refractivity contribution in [1.29, 1.82) is 0 Å². The van der Waals surface area contributed by atoms with Gasteiger partial charge < -0.3 is 5.32 Å². The molecule has 0 saturated heterocycles. The summed E-state index contributed by atoms with van der Waals surface area (Å²) >= 11 is 11.7. The number of hydrogen-bond acceptors (Lipinski definition) is 1. The Balaban J connectivity index is 2.14. The van der Waals surface area contributed by atoms with Crippen LogP contribution in [0.4, 0.5) is 4.39 Å². The first-order valence-corrected chi connectivity index (χ1v) is 6.24. The van der Waals surface area contributed by atoms with Gasteiger partial charge in [-0.3, -0.25) is 0 Å². The van der Waals surface area contributed by atoms with E-state index in [9.17, 15) is 4.39 Å². The van der Waals surface area contributed by atoms with Gasteiger partial charge in [0.1, 0.15) is 5.82 Å². The van der Waals surface area contributed by atoms with E-state index in [-0.39, 0.29) is 11.1 Å². The fourth-order valence-corrected chi connectivity index (χ4v) is 2.43. The summed E-state index contributed by atoms with van der Waals surface area (Å²) in [5.74, 6) is -0.414. The van der Waals surface area contributed by atoms with Crippen LogP contribution in [0, 0.1) is 5.82 Å². The third kappa shape index (κ3) is 2.50. The van der Waals surface area contributed by atoms with Crippen molar-refractivity contribution in [3.05, 3.63) is 33.6 Å². The molecule has 0 radical (unpaired) electrons. The van der Waals surface area contributed by atoms with Crippen LogP contribution in [0.5, 0.6) is 0 Å². The van der Waals surface area contributed by atoms with Crippen LogP contribution in [-0.2, 0) is 0 Å². The van der Waals surface area contributed by atoms with Gasteiger partial charge >= 0.3 is 0 Å². The van der Waals surface area contributed by atoms with Gasteiger partial charge in [-0.2, -0.15) is 0 Å². The Bertz CT molecular complexity index is 391. The lowest BCUT2D eigenvalue weighted by molar-refractivity contribution is 0.313. The van der Waals surface area contributed by atoms with Crippen molar-refractivity contribution < 1.29 is 4.39 Å². The van der Waals surface area contributed by atoms with E-state index in [4.69, 9.17) is 23.2 Å². The minimum Gasteiger partial charge on any atom is -0.307 e. The highest BCUT2D eigenvalue weighted by atomic mass is 35.5. The van der Waals surface area contributed by atoms with E-state index in [1.165, 1.54) is 31.4 Å². The Morgan fingerprint density at radius 3 is 2.56 bits per heavy atom. The predicted octanol–water partition coefficient (Wildman–Crippen LogP) is 4.34. The van der Waals surface area contributed by atoms with Crippen LogP contribution in [0.15, 0.2) is 12.1 Å². The van der Waals surface area contributed by atoms with Gasteiger partial charge in [0.25, 0.3) is 0 Å². The SMILES string of the molecule is CC(NC1CCC1)c1cc(F)c(Cl)cc1Cl. The molecule has 1 unspecified atom stereocenters. The van der Waals surface area contributed by atoms with Gasteiger partial charge in [0.05, 0.1) is 5.02 Å². The van der Waals surface area contributed by atoms with E-state index in [2.05, 4.69) is 5.32 Å². The maximum atomic E-state index is 13.3. The third-order valence-electron chi connectivity index (χ3n) is 3.10. The fourth-order valence-electron chi connectivity index (χ4n) is 1.89. The highest BCUT2D eigenvalue weighted by Gasteiger charge is 2.21. The van der Waals surface area contributed by atoms with E-state index >= 15 is 0 Å². The lowest BCUT2D eigenvalue weighted by atomic mass is 9.92. The molecule has 0 heterocycles. The second-order valence-corrected chi connectivity index (χ2v) is 5.12. The second-order valence-electron chi connectivity index (χ2n) is 4.30. The maximum Gasteiger partial charge on any atom is 0.142 e. The summed E-state index contributed by atoms with van der Waals surface area (Å²) in [6, 6.07) is 3.49. The van der Waals surface area contributed by atoms with Crippen molar-refractivity contribution in [2.75, 3.05) is 0 Å². The van der Waals surface area contributed by atoms with Crippen LogP contribution < -0.4 is 5.32 Å². The van der Waals surface area contributed by atoms with Crippen LogP contribution in [0.25, 0.3) is 0 Å². The Morgan fingerprint density at radius 1 is 1.31 bits per heavy atom. The van der Waals surface area contributed by atoms with Crippen molar-refractivity contribution in [2.24, 2.45) is 0 Å². The highest BCUT2D eigenvalue weighted by molar-refractivity contribution is 6.35. The molecule has 0 aromatic heterocycles. The summed E-state index contributed by atoms with van der Waals surface area (Å²) in [7, 11) is 0. The first-order chi connectivity index (χ1) is 7.58. The summed E-state index contributed by atoms with van der Waals surface area (Å²) in [5, 5.41) is 4.02. The molecule has 2 rings (SSSR count). The van der Waals surface area contributed by atoms with E-state index in [1.54, 1.807) is 0 Å². The molecule has 1 N–H and O–H groups in total. The van der Waals surface area contributed by atoms with Gasteiger partial charge in [0, 0.05) is 17.1 Å². The zero-order valence-electron chi connectivity index (χ0n) is 9.06. The molecule has 0 aliphatic heterocycles. The molecular weight excluding hydrogens is 248 g/mol. The van der Waals surface area contributed by atoms with E-state index < -0.39 is 5.82 Å². The maximum absolute atomic E-state index is 13.3. The average Bonchev–Trinajstić information content (AvgIpc) is 2.17. The van der Waals surface area contributed by atoms with Crippen molar-refractivity contribution in [3.8, 4) is 0 Å². The van der Waals surface area contributed by atoms with Crippen molar-refractivity contribution >= 4 is 23.2 Å². The summed E-state index contributed by atoms with van der Waals surface area (Å²) in [6.45, 7) is 1.99. The van der Waals surface area contributed by atoms with Gasteiger partial charge in [-0.1, -0.05) is 29.6 Å². The van der Waals surface area contributed by atoms with E-state index in [0.29, 0.717) is 11.1 Å². The summed E-state index contributed by atoms with van der Waals surface area (Å²) in [4.78, 5) is 0. The molecule has 1 atom stereocenters. The summed E-state index contributed by atoms with van der Waals surface area (Å²) in [5.41, 5.74) is 0.774. The largest absolute Gasteiger partial charge is 0.307 e. The van der Waals surface area contributed by atoms with Crippen LogP contribution in [0.1, 0.15) is 37.8 Å². The lowest BCUT2D eigenvalue weighted by Crippen LogP contribution is -2.36. The van der Waals surface area contributed by atoms with E-state index in [1.807, 2.05) is 6.92 Å². The minimum atomic E-state index is -0.414. The number of benzene rings is 1. The topological polar surface area (TPSA) is 12.0 Å². The normalized spacial score (nSPS) is 18.2. The third-order valence-corrected chi connectivity index (χ3v) is 3.71. The number of halogens is 3. The van der Waals surface area contributed by atoms with Crippen LogP contribution in [-0.4, -0.2) is 6.04 Å². The van der Waals surface area contributed by atoms with Crippen LogP contribution in [0.2, 0.25) is 10.0 Å². The molecule has 1 aromatic rings. The van der Waals surface area contributed by atoms with Gasteiger partial charge in [-0.25, -0.2) is 4.39 Å². The molecule has 0 amide bonds. The predicted molar refractivity (Wildman–Crippen MR) is 65.6 cm³/mol. The van der Waals surface area contributed by atoms with Gasteiger partial charge in [0.2, 0.25) is 0 Å². The van der Waals surface area contributed by atoms with E-state index in [0.717, 1.165) is 5.56 Å². The number of nitrogens with one attached hydrogen (secondary N) is 1. The monoisotopic (exact) mass is 261 g/mol. The standard InChI is InChI=1S/C12H14Cl2FN/c1-7(16-8-3-2-4-8)9-5-12(15)11(14)6-10(9)13/h5-8,16H,2-4H2,1H3. The molecule has 1 aliphatic rings. The molecule has 4 heteroatoms. The smallest absolute Gasteiger partial charge is 0.142 e. The lowest BCUT2D eigenvalue weighted by Gasteiger charge is -2.30. The van der Waals surface area contributed by atoms with Crippen LogP contribution in [0.3, 0.4) is 0 Å². The van der Waals surface area contributed by atoms with Crippen molar-refractivity contribution in [2.45, 2.75) is 38.3 Å². The second kappa shape index (κ2) is 4.91. The molecule has 1 fully saturated rings. The molecule has 1 saturated carbocycles. The zero-order chi connectivity index (χ0) is 11.7. The first kappa shape index (κ1) is 12.2. The molecular formula is C12H14Cl2FN. The summed E-state index contributed by atoms with van der Waals surface area (Å²) in [6.07, 6.45) is 3.66. The van der Waals surface area contributed by atoms with Crippen molar-refractivity contribution in [1.82, 2.24) is 5.32 Å². The van der Waals surface area contributed by atoms with Gasteiger partial charge in [-0.15, -0.1) is 0 Å². The number of rotatable bonds is 3. The van der Waals surface area contributed by atoms with Gasteiger partial charge in [-0.05, 0) is 37.5 Å². The number of hydrogen-bond donors (Lipinski definition) is 1. The zero-order valence-corrected chi connectivity index (χ0v) is 10.6. The average molecular weight is 262 g/mol. The molecule has 0 spiro atoms. The van der Waals surface area contributed by atoms with Crippen molar-refractivity contribution in [3.63, 3.8) is 0 Å². The molecule has 1 aromatic carbocycles. The van der Waals surface area contributed by atoms with Crippen LogP contribution >= 0.6 is 23.2 Å². The molecule has 1 nitrogen and oxygen atoms in total. The Morgan fingerprint density at radius 2 is 2.00 bits per heavy atom. The molecule has 16 heavy (non-hydrogen) atoms. The van der Waals surface area contributed by atoms with Gasteiger partial charge in [0.15, 0.2) is 0 Å². The first-order valence-electron chi connectivity index (χ1n) is 5.48. The Labute approximate surface area is 105 Å². The summed E-state index contributed by atoms with van der Waals surface area (Å²) < 4.78 is 13.3. The Hall–Kier alpha value is -0.310. The highest BCUT2D eigenvalue weighted by Crippen LogP contribution is 2.30. The quantitative estimate of drug-likeness (QED) is 0.799. The molecule has 88 valence electrons. The molecule has 1 aliphatic carbocycles. The fraction of sp³-hybridized carbons (Fsp3) is 0.500. The Kier molecular flexibility index (Phi) is 3.73. The minimum absolute atomic E-state index is 0.0598.